The van der Waals surface area contributed by atoms with Crippen LogP contribution in [0.1, 0.15) is 58.3 Å². The lowest BCUT2D eigenvalue weighted by Gasteiger charge is -2.35. The van der Waals surface area contributed by atoms with Gasteiger partial charge in [-0.15, -0.1) is 0 Å². The second-order valence-corrected chi connectivity index (χ2v) is 9.79. The number of aliphatic hydroxyl groups is 1. The van der Waals surface area contributed by atoms with E-state index in [0.29, 0.717) is 26.2 Å². The van der Waals surface area contributed by atoms with Gasteiger partial charge in [-0.3, -0.25) is 14.4 Å². The van der Waals surface area contributed by atoms with Gasteiger partial charge in [0.05, 0.1) is 18.6 Å². The van der Waals surface area contributed by atoms with Crippen molar-refractivity contribution in [2.24, 2.45) is 11.8 Å². The molecule has 1 spiro atoms. The van der Waals surface area contributed by atoms with Crippen LogP contribution >= 0.6 is 0 Å². The molecule has 0 aromatic carbocycles. The Bertz CT molecular complexity index is 826. The highest BCUT2D eigenvalue weighted by Crippen LogP contribution is 2.53. The first-order chi connectivity index (χ1) is 16.5. The quantitative estimate of drug-likeness (QED) is 0.313. The summed E-state index contributed by atoms with van der Waals surface area (Å²) in [5.41, 5.74) is -1.17. The number of esters is 1. The summed E-state index contributed by atoms with van der Waals surface area (Å²) in [6.45, 7) is 4.09. The lowest BCUT2D eigenvalue weighted by atomic mass is 9.78. The Balaban J connectivity index is 1.68. The van der Waals surface area contributed by atoms with Crippen molar-refractivity contribution in [2.45, 2.75) is 76.0 Å². The van der Waals surface area contributed by atoms with Gasteiger partial charge in [0.25, 0.3) is 0 Å². The molecule has 188 valence electrons. The number of unbranched alkanes of at least 4 members (excludes halogenated alkanes) is 4. The lowest BCUT2D eigenvalue weighted by molar-refractivity contribution is -0.154. The standard InChI is InChI=1S/C26H38N2O6/c1-2-3-14-27-15-11-13-26-21(20-19(34-26)12-7-6-10-18-33-25(20)32)23(30)28(22(26)24(27)31)16-8-4-5-9-17-29/h7,11-13,19-22,29H,2-6,8-10,14-18H2,1H3/b12-7-/t19-,20?,21+,22-,26?/m1/s1. The summed E-state index contributed by atoms with van der Waals surface area (Å²) in [5.74, 6) is -2.25. The largest absolute Gasteiger partial charge is 0.465 e. The number of hydrogen-bond donors (Lipinski definition) is 1. The van der Waals surface area contributed by atoms with E-state index in [1.165, 1.54) is 0 Å². The Labute approximate surface area is 201 Å². The van der Waals surface area contributed by atoms with Gasteiger partial charge in [-0.25, -0.2) is 0 Å². The molecule has 2 fully saturated rings. The van der Waals surface area contributed by atoms with E-state index in [1.807, 2.05) is 29.2 Å². The monoisotopic (exact) mass is 474 g/mol. The number of carbonyl (C=O) groups excluding carboxylic acids is 3. The summed E-state index contributed by atoms with van der Waals surface area (Å²) < 4.78 is 12.1. The Morgan fingerprint density at radius 3 is 2.68 bits per heavy atom. The van der Waals surface area contributed by atoms with Crippen LogP contribution in [0.3, 0.4) is 0 Å². The Hall–Kier alpha value is -2.19. The smallest absolute Gasteiger partial charge is 0.312 e. The first-order valence-corrected chi connectivity index (χ1v) is 12.9. The van der Waals surface area contributed by atoms with Gasteiger partial charge in [0, 0.05) is 26.2 Å². The fourth-order valence-corrected chi connectivity index (χ4v) is 5.84. The third-order valence-electron chi connectivity index (χ3n) is 7.52. The zero-order chi connectivity index (χ0) is 24.1. The number of hydrogen-bond acceptors (Lipinski definition) is 6. The highest BCUT2D eigenvalue weighted by atomic mass is 16.6. The summed E-state index contributed by atoms with van der Waals surface area (Å²) in [6.07, 6.45) is 13.6. The molecule has 2 amide bonds. The molecule has 4 aliphatic heterocycles. The Kier molecular flexibility index (Phi) is 8.09. The lowest BCUT2D eigenvalue weighted by Crippen LogP contribution is -2.55. The topological polar surface area (TPSA) is 96.4 Å². The number of likely N-dealkylation sites (tertiary alicyclic amines) is 1. The van der Waals surface area contributed by atoms with E-state index < -0.39 is 35.6 Å². The Morgan fingerprint density at radius 2 is 1.88 bits per heavy atom. The molecule has 8 nitrogen and oxygen atoms in total. The molecule has 0 aromatic heterocycles. The van der Waals surface area contributed by atoms with E-state index in [4.69, 9.17) is 14.6 Å². The van der Waals surface area contributed by atoms with E-state index in [9.17, 15) is 14.4 Å². The molecule has 2 unspecified atom stereocenters. The van der Waals surface area contributed by atoms with E-state index in [0.717, 1.165) is 51.4 Å². The van der Waals surface area contributed by atoms with Crippen molar-refractivity contribution < 1.29 is 29.0 Å². The molecule has 0 aromatic rings. The van der Waals surface area contributed by atoms with E-state index in [-0.39, 0.29) is 18.4 Å². The number of nitrogens with zero attached hydrogens (tertiary/aromatic N) is 2. The number of fused-ring (bicyclic) bond motifs is 2. The molecule has 4 rings (SSSR count). The maximum absolute atomic E-state index is 13.9. The van der Waals surface area contributed by atoms with Crippen LogP contribution in [-0.2, 0) is 23.9 Å². The molecule has 0 bridgehead atoms. The molecule has 4 aliphatic rings. The highest BCUT2D eigenvalue weighted by molar-refractivity contribution is 5.99. The molecule has 2 saturated heterocycles. The third kappa shape index (κ3) is 4.54. The van der Waals surface area contributed by atoms with Crippen molar-refractivity contribution >= 4 is 17.8 Å². The SMILES string of the molecule is CCCCN1CC=CC23O[C@@H]4/C=C\CCCOC(=O)C4[C@H]2C(=O)N(CCCCCCO)[C@@H]3C1=O. The van der Waals surface area contributed by atoms with E-state index in [2.05, 4.69) is 6.92 Å². The summed E-state index contributed by atoms with van der Waals surface area (Å²) in [4.78, 5) is 44.4. The van der Waals surface area contributed by atoms with Gasteiger partial charge < -0.3 is 24.4 Å². The Morgan fingerprint density at radius 1 is 1.06 bits per heavy atom. The fraction of sp³-hybridized carbons (Fsp3) is 0.731. The van der Waals surface area contributed by atoms with Gasteiger partial charge in [0.1, 0.15) is 17.6 Å². The number of allylic oxidation sites excluding steroid dienone is 1. The zero-order valence-electron chi connectivity index (χ0n) is 20.2. The van der Waals surface area contributed by atoms with Gasteiger partial charge in [-0.2, -0.15) is 0 Å². The number of ether oxygens (including phenoxy) is 2. The van der Waals surface area contributed by atoms with E-state index in [1.54, 1.807) is 4.90 Å². The fourth-order valence-electron chi connectivity index (χ4n) is 5.84. The molecule has 0 aliphatic carbocycles. The minimum absolute atomic E-state index is 0.103. The van der Waals surface area contributed by atoms with Gasteiger partial charge in [-0.05, 0) is 32.1 Å². The number of carbonyl (C=O) groups is 3. The van der Waals surface area contributed by atoms with E-state index >= 15 is 0 Å². The van der Waals surface area contributed by atoms with Crippen molar-refractivity contribution in [1.82, 2.24) is 9.80 Å². The molecule has 0 radical (unpaired) electrons. The average molecular weight is 475 g/mol. The normalized spacial score (nSPS) is 34.0. The van der Waals surface area contributed by atoms with Crippen molar-refractivity contribution in [1.29, 1.82) is 0 Å². The van der Waals surface area contributed by atoms with Crippen LogP contribution in [0, 0.1) is 11.8 Å². The van der Waals surface area contributed by atoms with Gasteiger partial charge >= 0.3 is 5.97 Å². The van der Waals surface area contributed by atoms with Crippen LogP contribution in [0.5, 0.6) is 0 Å². The number of cyclic esters (lactones) is 1. The van der Waals surface area contributed by atoms with Crippen LogP contribution in [0.4, 0.5) is 0 Å². The highest BCUT2D eigenvalue weighted by Gasteiger charge is 2.71. The predicted octanol–water partition coefficient (Wildman–Crippen LogP) is 2.21. The molecule has 1 N–H and O–H groups in total. The third-order valence-corrected chi connectivity index (χ3v) is 7.52. The zero-order valence-corrected chi connectivity index (χ0v) is 20.2. The maximum atomic E-state index is 13.9. The first kappa shape index (κ1) is 24.9. The molecule has 4 heterocycles. The minimum atomic E-state index is -1.17. The number of aliphatic hydroxyl groups excluding tert-OH is 1. The summed E-state index contributed by atoms with van der Waals surface area (Å²) in [6, 6.07) is -0.782. The van der Waals surface area contributed by atoms with Crippen molar-refractivity contribution in [3.8, 4) is 0 Å². The average Bonchev–Trinajstić information content (AvgIpc) is 3.23. The van der Waals surface area contributed by atoms with Crippen LogP contribution in [-0.4, -0.2) is 83.3 Å². The molecular weight excluding hydrogens is 436 g/mol. The second-order valence-electron chi connectivity index (χ2n) is 9.79. The molecule has 34 heavy (non-hydrogen) atoms. The molecular formula is C26H38N2O6. The van der Waals surface area contributed by atoms with Crippen molar-refractivity contribution in [3.05, 3.63) is 24.3 Å². The summed E-state index contributed by atoms with van der Waals surface area (Å²) in [5, 5.41) is 9.06. The summed E-state index contributed by atoms with van der Waals surface area (Å²) in [7, 11) is 0. The molecule has 0 saturated carbocycles. The van der Waals surface area contributed by atoms with Gasteiger partial charge in [0.15, 0.2) is 0 Å². The van der Waals surface area contributed by atoms with Gasteiger partial charge in [0.2, 0.25) is 11.8 Å². The van der Waals surface area contributed by atoms with Crippen LogP contribution < -0.4 is 0 Å². The summed E-state index contributed by atoms with van der Waals surface area (Å²) >= 11 is 0. The first-order valence-electron chi connectivity index (χ1n) is 12.9. The van der Waals surface area contributed by atoms with Gasteiger partial charge in [-0.1, -0.05) is 50.5 Å². The van der Waals surface area contributed by atoms with Crippen molar-refractivity contribution in [2.75, 3.05) is 32.8 Å². The second kappa shape index (κ2) is 11.0. The van der Waals surface area contributed by atoms with Crippen LogP contribution in [0.2, 0.25) is 0 Å². The van der Waals surface area contributed by atoms with Crippen molar-refractivity contribution in [3.63, 3.8) is 0 Å². The maximum Gasteiger partial charge on any atom is 0.312 e. The van der Waals surface area contributed by atoms with Crippen LogP contribution in [0.15, 0.2) is 24.3 Å². The number of amides is 2. The number of rotatable bonds is 9. The molecule has 8 heteroatoms. The predicted molar refractivity (Wildman–Crippen MR) is 126 cm³/mol. The molecule has 5 atom stereocenters. The minimum Gasteiger partial charge on any atom is -0.465 e. The van der Waals surface area contributed by atoms with Crippen LogP contribution in [0.25, 0.3) is 0 Å².